The Hall–Kier alpha value is -3.26. The summed E-state index contributed by atoms with van der Waals surface area (Å²) in [6.45, 7) is 0. The fraction of sp³-hybridized carbons (Fsp3) is 0. The van der Waals surface area contributed by atoms with Gasteiger partial charge in [0.25, 0.3) is 0 Å². The average Bonchev–Trinajstić information content (AvgIpc) is 3.15. The number of para-hydroxylation sites is 1. The van der Waals surface area contributed by atoms with Gasteiger partial charge in [-0.25, -0.2) is 0 Å². The van der Waals surface area contributed by atoms with E-state index in [9.17, 15) is 0 Å². The summed E-state index contributed by atoms with van der Waals surface area (Å²) in [5, 5.41) is 6.87. The van der Waals surface area contributed by atoms with Crippen molar-refractivity contribution >= 4 is 54.6 Å². The molecule has 0 aliphatic heterocycles. The van der Waals surface area contributed by atoms with E-state index in [0.29, 0.717) is 0 Å². The van der Waals surface area contributed by atoms with Crippen molar-refractivity contribution in [2.24, 2.45) is 0 Å². The highest BCUT2D eigenvalue weighted by Gasteiger charge is 2.13. The first-order valence-corrected chi connectivity index (χ1v) is 8.03. The van der Waals surface area contributed by atoms with Crippen LogP contribution in [0.1, 0.15) is 0 Å². The maximum Gasteiger partial charge on any atom is 0.136 e. The predicted molar refractivity (Wildman–Crippen MR) is 98.5 cm³/mol. The first-order valence-electron chi connectivity index (χ1n) is 8.03. The molecule has 4 aromatic carbocycles. The number of hydrogen-bond donors (Lipinski definition) is 0. The van der Waals surface area contributed by atoms with Gasteiger partial charge in [-0.15, -0.1) is 0 Å². The summed E-state index contributed by atoms with van der Waals surface area (Å²) in [5.74, 6) is 0. The van der Waals surface area contributed by atoms with Crippen LogP contribution in [0.4, 0.5) is 0 Å². The standard InChI is InChI=1S/C22H12O2/c1-2-6-14-10-20-16(9-13(14)5-1)18-12-21-17(11-22(18)24-20)15-7-3-4-8-19(15)23-21/h1-12H. The lowest BCUT2D eigenvalue weighted by Crippen LogP contribution is -1.72. The second-order valence-electron chi connectivity index (χ2n) is 6.24. The van der Waals surface area contributed by atoms with Gasteiger partial charge < -0.3 is 8.83 Å². The van der Waals surface area contributed by atoms with E-state index < -0.39 is 0 Å². The maximum absolute atomic E-state index is 6.15. The first kappa shape index (κ1) is 12.2. The van der Waals surface area contributed by atoms with Crippen molar-refractivity contribution in [3.63, 3.8) is 0 Å². The Kier molecular flexibility index (Phi) is 2.12. The quantitative estimate of drug-likeness (QED) is 0.314. The normalized spacial score (nSPS) is 12.2. The number of hydrogen-bond acceptors (Lipinski definition) is 2. The van der Waals surface area contributed by atoms with Gasteiger partial charge in [-0.1, -0.05) is 42.5 Å². The molecule has 112 valence electrons. The lowest BCUT2D eigenvalue weighted by atomic mass is 10.1. The van der Waals surface area contributed by atoms with E-state index in [0.717, 1.165) is 43.9 Å². The minimum atomic E-state index is 0.902. The summed E-state index contributed by atoms with van der Waals surface area (Å²) in [7, 11) is 0. The van der Waals surface area contributed by atoms with Gasteiger partial charge in [0.1, 0.15) is 22.3 Å². The van der Waals surface area contributed by atoms with E-state index >= 15 is 0 Å². The minimum absolute atomic E-state index is 0.902. The second kappa shape index (κ2) is 4.18. The number of benzene rings is 4. The molecule has 6 rings (SSSR count). The first-order chi connectivity index (χ1) is 11.9. The Bertz CT molecular complexity index is 1390. The molecule has 0 amide bonds. The Morgan fingerprint density at radius 3 is 1.79 bits per heavy atom. The molecule has 2 heteroatoms. The van der Waals surface area contributed by atoms with E-state index in [4.69, 9.17) is 8.83 Å². The highest BCUT2D eigenvalue weighted by atomic mass is 16.3. The van der Waals surface area contributed by atoms with Crippen molar-refractivity contribution in [3.05, 3.63) is 72.8 Å². The summed E-state index contributed by atoms with van der Waals surface area (Å²) >= 11 is 0. The van der Waals surface area contributed by atoms with Crippen molar-refractivity contribution in [1.29, 1.82) is 0 Å². The van der Waals surface area contributed by atoms with Crippen molar-refractivity contribution in [1.82, 2.24) is 0 Å². The highest BCUT2D eigenvalue weighted by Crippen LogP contribution is 2.37. The van der Waals surface area contributed by atoms with Crippen molar-refractivity contribution in [2.45, 2.75) is 0 Å². The van der Waals surface area contributed by atoms with Crippen LogP contribution in [0.5, 0.6) is 0 Å². The molecule has 2 aromatic heterocycles. The summed E-state index contributed by atoms with van der Waals surface area (Å²) < 4.78 is 12.2. The van der Waals surface area contributed by atoms with Crippen LogP contribution in [0.25, 0.3) is 54.6 Å². The van der Waals surface area contributed by atoms with E-state index in [-0.39, 0.29) is 0 Å². The van der Waals surface area contributed by atoms with Gasteiger partial charge in [-0.3, -0.25) is 0 Å². The van der Waals surface area contributed by atoms with Crippen LogP contribution in [-0.2, 0) is 0 Å². The van der Waals surface area contributed by atoms with E-state index in [1.54, 1.807) is 0 Å². The third-order valence-corrected chi connectivity index (χ3v) is 4.84. The van der Waals surface area contributed by atoms with Gasteiger partial charge >= 0.3 is 0 Å². The summed E-state index contributed by atoms with van der Waals surface area (Å²) in [6.07, 6.45) is 0. The summed E-state index contributed by atoms with van der Waals surface area (Å²) in [5.41, 5.74) is 3.63. The lowest BCUT2D eigenvalue weighted by Gasteiger charge is -1.96. The van der Waals surface area contributed by atoms with Crippen LogP contribution in [0.3, 0.4) is 0 Å². The Labute approximate surface area is 136 Å². The van der Waals surface area contributed by atoms with Gasteiger partial charge in [-0.05, 0) is 41.1 Å². The zero-order valence-electron chi connectivity index (χ0n) is 12.7. The van der Waals surface area contributed by atoms with Crippen LogP contribution in [0.15, 0.2) is 81.6 Å². The molecule has 0 aliphatic carbocycles. The largest absolute Gasteiger partial charge is 0.456 e. The third kappa shape index (κ3) is 1.50. The molecule has 0 unspecified atom stereocenters. The Morgan fingerprint density at radius 1 is 0.417 bits per heavy atom. The fourth-order valence-corrected chi connectivity index (χ4v) is 3.68. The van der Waals surface area contributed by atoms with Crippen LogP contribution in [0.2, 0.25) is 0 Å². The van der Waals surface area contributed by atoms with Gasteiger partial charge in [0.05, 0.1) is 0 Å². The molecule has 24 heavy (non-hydrogen) atoms. The molecule has 0 spiro atoms. The van der Waals surface area contributed by atoms with Crippen LogP contribution >= 0.6 is 0 Å². The summed E-state index contributed by atoms with van der Waals surface area (Å²) in [4.78, 5) is 0. The monoisotopic (exact) mass is 308 g/mol. The third-order valence-electron chi connectivity index (χ3n) is 4.84. The zero-order valence-corrected chi connectivity index (χ0v) is 12.7. The van der Waals surface area contributed by atoms with Crippen LogP contribution < -0.4 is 0 Å². The van der Waals surface area contributed by atoms with Crippen LogP contribution in [0, 0.1) is 0 Å². The molecule has 0 aliphatic rings. The Balaban J connectivity index is 1.81. The molecule has 0 N–H and O–H groups in total. The van der Waals surface area contributed by atoms with E-state index in [2.05, 4.69) is 54.6 Å². The van der Waals surface area contributed by atoms with E-state index in [1.807, 2.05) is 18.2 Å². The molecule has 2 nitrogen and oxygen atoms in total. The molecule has 0 saturated heterocycles. The van der Waals surface area contributed by atoms with E-state index in [1.165, 1.54) is 10.8 Å². The highest BCUT2D eigenvalue weighted by molar-refractivity contribution is 6.16. The van der Waals surface area contributed by atoms with Gasteiger partial charge in [0, 0.05) is 21.5 Å². The summed E-state index contributed by atoms with van der Waals surface area (Å²) in [6, 6.07) is 25.0. The second-order valence-corrected chi connectivity index (χ2v) is 6.24. The molecule has 0 bridgehead atoms. The fourth-order valence-electron chi connectivity index (χ4n) is 3.68. The van der Waals surface area contributed by atoms with Crippen molar-refractivity contribution in [2.75, 3.05) is 0 Å². The molecule has 0 saturated carbocycles. The molecule has 6 aromatic rings. The van der Waals surface area contributed by atoms with Gasteiger partial charge in [0.2, 0.25) is 0 Å². The average molecular weight is 308 g/mol. The van der Waals surface area contributed by atoms with Gasteiger partial charge in [0.15, 0.2) is 0 Å². The number of fused-ring (bicyclic) bond motifs is 7. The van der Waals surface area contributed by atoms with Gasteiger partial charge in [-0.2, -0.15) is 0 Å². The van der Waals surface area contributed by atoms with Crippen molar-refractivity contribution in [3.8, 4) is 0 Å². The van der Waals surface area contributed by atoms with Crippen molar-refractivity contribution < 1.29 is 8.83 Å². The SMILES string of the molecule is c1ccc2cc3c(cc2c1)oc1cc2c(cc13)oc1ccccc12. The number of rotatable bonds is 0. The minimum Gasteiger partial charge on any atom is -0.456 e. The predicted octanol–water partition coefficient (Wildman–Crippen LogP) is 6.64. The molecule has 0 atom stereocenters. The Morgan fingerprint density at radius 2 is 0.958 bits per heavy atom. The lowest BCUT2D eigenvalue weighted by molar-refractivity contribution is 0.664. The maximum atomic E-state index is 6.15. The molecular formula is C22H12O2. The topological polar surface area (TPSA) is 26.3 Å². The number of furan rings is 2. The van der Waals surface area contributed by atoms with Crippen LogP contribution in [-0.4, -0.2) is 0 Å². The molecular weight excluding hydrogens is 296 g/mol. The molecule has 0 radical (unpaired) electrons. The molecule has 2 heterocycles. The molecule has 0 fully saturated rings. The smallest absolute Gasteiger partial charge is 0.136 e. The zero-order chi connectivity index (χ0) is 15.7.